The Labute approximate surface area is 128 Å². The van der Waals surface area contributed by atoms with E-state index in [9.17, 15) is 8.42 Å². The first kappa shape index (κ1) is 16.5. The Morgan fingerprint density at radius 1 is 1.10 bits per heavy atom. The van der Waals surface area contributed by atoms with Crippen molar-refractivity contribution >= 4 is 10.2 Å². The van der Waals surface area contributed by atoms with Crippen LogP contribution in [0, 0.1) is 0 Å². The van der Waals surface area contributed by atoms with Gasteiger partial charge in [-0.2, -0.15) is 17.0 Å². The highest BCUT2D eigenvalue weighted by Crippen LogP contribution is 2.19. The number of nitrogens with zero attached hydrogens (tertiary/aromatic N) is 2. The van der Waals surface area contributed by atoms with Gasteiger partial charge in [-0.15, -0.1) is 0 Å². The maximum Gasteiger partial charge on any atom is 0.282 e. The van der Waals surface area contributed by atoms with E-state index in [1.54, 1.807) is 11.4 Å². The van der Waals surface area contributed by atoms with Crippen LogP contribution in [0.5, 0.6) is 0 Å². The molecule has 4 nitrogen and oxygen atoms in total. The molecule has 1 aromatic rings. The third-order valence-electron chi connectivity index (χ3n) is 4.09. The zero-order valence-corrected chi connectivity index (χ0v) is 14.1. The van der Waals surface area contributed by atoms with Gasteiger partial charge in [-0.25, -0.2) is 0 Å². The minimum atomic E-state index is -3.32. The van der Waals surface area contributed by atoms with Crippen LogP contribution in [0.15, 0.2) is 24.3 Å². The lowest BCUT2D eigenvalue weighted by Gasteiger charge is -2.30. The van der Waals surface area contributed by atoms with E-state index in [2.05, 4.69) is 26.0 Å². The van der Waals surface area contributed by atoms with E-state index in [1.165, 1.54) is 9.87 Å². The first-order chi connectivity index (χ1) is 9.91. The standard InChI is InChI=1S/C16H26N2O2S/c1-14(2)16-9-7-15(8-10-16)13-17(3)21(19,20)18-11-5-4-6-12-18/h7-10,14H,4-6,11-13H2,1-3H3. The number of hydrogen-bond donors (Lipinski definition) is 0. The summed E-state index contributed by atoms with van der Waals surface area (Å²) in [6.07, 6.45) is 3.07. The molecular weight excluding hydrogens is 284 g/mol. The van der Waals surface area contributed by atoms with Crippen molar-refractivity contribution in [3.63, 3.8) is 0 Å². The highest BCUT2D eigenvalue weighted by Gasteiger charge is 2.27. The molecule has 118 valence electrons. The summed E-state index contributed by atoms with van der Waals surface area (Å²) >= 11 is 0. The van der Waals surface area contributed by atoms with Gasteiger partial charge in [0.2, 0.25) is 0 Å². The molecule has 0 bridgehead atoms. The molecule has 21 heavy (non-hydrogen) atoms. The van der Waals surface area contributed by atoms with E-state index >= 15 is 0 Å². The quantitative estimate of drug-likeness (QED) is 0.839. The van der Waals surface area contributed by atoms with Crippen molar-refractivity contribution in [2.45, 2.75) is 45.6 Å². The van der Waals surface area contributed by atoms with Crippen LogP contribution in [0.2, 0.25) is 0 Å². The van der Waals surface area contributed by atoms with Crippen LogP contribution in [-0.4, -0.2) is 37.2 Å². The van der Waals surface area contributed by atoms with Crippen molar-refractivity contribution in [3.8, 4) is 0 Å². The maximum atomic E-state index is 12.5. The number of benzene rings is 1. The second-order valence-corrected chi connectivity index (χ2v) is 8.16. The van der Waals surface area contributed by atoms with E-state index in [-0.39, 0.29) is 0 Å². The molecule has 0 radical (unpaired) electrons. The minimum absolute atomic E-state index is 0.428. The third kappa shape index (κ3) is 4.05. The molecule has 1 aliphatic rings. The van der Waals surface area contributed by atoms with Crippen LogP contribution in [0.3, 0.4) is 0 Å². The van der Waals surface area contributed by atoms with Crippen LogP contribution in [0.1, 0.15) is 50.2 Å². The van der Waals surface area contributed by atoms with Crippen molar-refractivity contribution in [3.05, 3.63) is 35.4 Å². The van der Waals surface area contributed by atoms with Gasteiger partial charge in [-0.1, -0.05) is 44.5 Å². The lowest BCUT2D eigenvalue weighted by Crippen LogP contribution is -2.44. The first-order valence-electron chi connectivity index (χ1n) is 7.71. The summed E-state index contributed by atoms with van der Waals surface area (Å²) < 4.78 is 28.1. The Morgan fingerprint density at radius 3 is 2.19 bits per heavy atom. The molecule has 0 aliphatic carbocycles. The predicted octanol–water partition coefficient (Wildman–Crippen LogP) is 2.97. The van der Waals surface area contributed by atoms with E-state index in [1.807, 2.05) is 12.1 Å². The zero-order valence-electron chi connectivity index (χ0n) is 13.2. The number of piperidine rings is 1. The lowest BCUT2D eigenvalue weighted by molar-refractivity contribution is 0.314. The molecule has 1 heterocycles. The SMILES string of the molecule is CC(C)c1ccc(CN(C)S(=O)(=O)N2CCCCC2)cc1. The Morgan fingerprint density at radius 2 is 1.67 bits per heavy atom. The summed E-state index contributed by atoms with van der Waals surface area (Å²) in [6.45, 7) is 6.04. The average molecular weight is 310 g/mol. The topological polar surface area (TPSA) is 40.6 Å². The summed E-state index contributed by atoms with van der Waals surface area (Å²) in [5.74, 6) is 0.494. The predicted molar refractivity (Wildman–Crippen MR) is 86.3 cm³/mol. The largest absolute Gasteiger partial charge is 0.282 e. The monoisotopic (exact) mass is 310 g/mol. The summed E-state index contributed by atoms with van der Waals surface area (Å²) in [5, 5.41) is 0. The second kappa shape index (κ2) is 6.90. The van der Waals surface area contributed by atoms with Gasteiger partial charge < -0.3 is 0 Å². The molecule has 0 N–H and O–H groups in total. The van der Waals surface area contributed by atoms with E-state index in [4.69, 9.17) is 0 Å². The van der Waals surface area contributed by atoms with E-state index in [0.717, 1.165) is 24.8 Å². The van der Waals surface area contributed by atoms with Crippen molar-refractivity contribution in [2.24, 2.45) is 0 Å². The van der Waals surface area contributed by atoms with Gasteiger partial charge in [0, 0.05) is 26.7 Å². The normalized spacial score (nSPS) is 17.6. The molecular formula is C16H26N2O2S. The Hall–Kier alpha value is -0.910. The number of rotatable bonds is 5. The van der Waals surface area contributed by atoms with Gasteiger partial charge in [0.15, 0.2) is 0 Å². The molecule has 0 aromatic heterocycles. The second-order valence-electron chi connectivity index (χ2n) is 6.12. The van der Waals surface area contributed by atoms with Crippen LogP contribution in [0.4, 0.5) is 0 Å². The molecule has 0 amide bonds. The first-order valence-corrected chi connectivity index (χ1v) is 9.11. The fourth-order valence-corrected chi connectivity index (χ4v) is 4.07. The average Bonchev–Trinajstić information content (AvgIpc) is 2.48. The summed E-state index contributed by atoms with van der Waals surface area (Å²) in [6, 6.07) is 8.22. The molecule has 2 rings (SSSR count). The van der Waals surface area contributed by atoms with Crippen molar-refractivity contribution in [1.29, 1.82) is 0 Å². The molecule has 1 aromatic carbocycles. The number of hydrogen-bond acceptors (Lipinski definition) is 2. The summed E-state index contributed by atoms with van der Waals surface area (Å²) in [4.78, 5) is 0. The molecule has 1 aliphatic heterocycles. The Bertz CT molecular complexity index is 546. The highest BCUT2D eigenvalue weighted by molar-refractivity contribution is 7.86. The Balaban J connectivity index is 2.04. The van der Waals surface area contributed by atoms with Crippen LogP contribution < -0.4 is 0 Å². The van der Waals surface area contributed by atoms with Gasteiger partial charge in [-0.05, 0) is 29.9 Å². The molecule has 0 atom stereocenters. The van der Waals surface area contributed by atoms with E-state index in [0.29, 0.717) is 25.6 Å². The molecule has 1 fully saturated rings. The third-order valence-corrected chi connectivity index (χ3v) is 6.02. The van der Waals surface area contributed by atoms with Crippen LogP contribution in [-0.2, 0) is 16.8 Å². The minimum Gasteiger partial charge on any atom is -0.195 e. The van der Waals surface area contributed by atoms with Crippen molar-refractivity contribution in [2.75, 3.05) is 20.1 Å². The zero-order chi connectivity index (χ0) is 15.5. The van der Waals surface area contributed by atoms with Crippen LogP contribution in [0.25, 0.3) is 0 Å². The van der Waals surface area contributed by atoms with Crippen molar-refractivity contribution < 1.29 is 8.42 Å². The molecule has 0 unspecified atom stereocenters. The van der Waals surface area contributed by atoms with E-state index < -0.39 is 10.2 Å². The maximum absolute atomic E-state index is 12.5. The lowest BCUT2D eigenvalue weighted by atomic mass is 10.0. The van der Waals surface area contributed by atoms with Gasteiger partial charge >= 0.3 is 0 Å². The molecule has 5 heteroatoms. The molecule has 0 saturated carbocycles. The fourth-order valence-electron chi connectivity index (χ4n) is 2.64. The fraction of sp³-hybridized carbons (Fsp3) is 0.625. The van der Waals surface area contributed by atoms with Gasteiger partial charge in [-0.3, -0.25) is 0 Å². The van der Waals surface area contributed by atoms with Crippen LogP contribution >= 0.6 is 0 Å². The summed E-state index contributed by atoms with van der Waals surface area (Å²) in [5.41, 5.74) is 2.31. The summed E-state index contributed by atoms with van der Waals surface area (Å²) in [7, 11) is -1.65. The van der Waals surface area contributed by atoms with Gasteiger partial charge in [0.25, 0.3) is 10.2 Å². The highest BCUT2D eigenvalue weighted by atomic mass is 32.2. The molecule has 0 spiro atoms. The van der Waals surface area contributed by atoms with Gasteiger partial charge in [0.1, 0.15) is 0 Å². The van der Waals surface area contributed by atoms with Gasteiger partial charge in [0.05, 0.1) is 0 Å². The Kier molecular flexibility index (Phi) is 5.41. The molecule has 1 saturated heterocycles. The smallest absolute Gasteiger partial charge is 0.195 e. The van der Waals surface area contributed by atoms with Crippen molar-refractivity contribution in [1.82, 2.24) is 8.61 Å².